The van der Waals surface area contributed by atoms with Gasteiger partial charge >= 0.3 is 0 Å². The van der Waals surface area contributed by atoms with Gasteiger partial charge in [0.05, 0.1) is 4.92 Å². The van der Waals surface area contributed by atoms with Crippen molar-refractivity contribution >= 4 is 34.0 Å². The fourth-order valence-corrected chi connectivity index (χ4v) is 2.32. The summed E-state index contributed by atoms with van der Waals surface area (Å²) in [5.74, 6) is -1.15. The van der Waals surface area contributed by atoms with Crippen molar-refractivity contribution in [2.75, 3.05) is 5.32 Å². The summed E-state index contributed by atoms with van der Waals surface area (Å²) in [5.41, 5.74) is 5.80. The summed E-state index contributed by atoms with van der Waals surface area (Å²) in [6.07, 6.45) is 0. The molecule has 3 N–H and O–H groups in total. The zero-order valence-electron chi connectivity index (χ0n) is 10.8. The van der Waals surface area contributed by atoms with Crippen LogP contribution in [0, 0.1) is 17.0 Å². The maximum absolute atomic E-state index is 12.1. The molecule has 0 atom stereocenters. The smallest absolute Gasteiger partial charge is 0.269 e. The molecule has 2 aromatic rings. The third-order valence-corrected chi connectivity index (χ3v) is 3.40. The Morgan fingerprint density at radius 1 is 1.43 bits per heavy atom. The third-order valence-electron chi connectivity index (χ3n) is 2.64. The Hall–Kier alpha value is -2.81. The van der Waals surface area contributed by atoms with Gasteiger partial charge in [-0.1, -0.05) is 0 Å². The van der Waals surface area contributed by atoms with Gasteiger partial charge in [-0.2, -0.15) is 0 Å². The minimum absolute atomic E-state index is 0.0655. The molecule has 1 aromatic heterocycles. The fourth-order valence-electron chi connectivity index (χ4n) is 1.62. The molecule has 0 saturated heterocycles. The van der Waals surface area contributed by atoms with Crippen LogP contribution in [0.3, 0.4) is 0 Å². The van der Waals surface area contributed by atoms with Gasteiger partial charge in [-0.05, 0) is 18.6 Å². The molecule has 1 heterocycles. The Balaban J connectivity index is 2.20. The van der Waals surface area contributed by atoms with Crippen molar-refractivity contribution in [2.24, 2.45) is 5.73 Å². The number of rotatable bonds is 4. The number of benzene rings is 1. The van der Waals surface area contributed by atoms with Crippen LogP contribution in [0.1, 0.15) is 26.4 Å². The first-order valence-corrected chi connectivity index (χ1v) is 6.58. The summed E-state index contributed by atoms with van der Waals surface area (Å²) in [4.78, 5) is 36.9. The van der Waals surface area contributed by atoms with E-state index in [2.05, 4.69) is 10.3 Å². The molecule has 21 heavy (non-hydrogen) atoms. The Morgan fingerprint density at radius 2 is 2.14 bits per heavy atom. The number of aromatic nitrogens is 1. The molecule has 0 fully saturated rings. The molecule has 0 aliphatic carbocycles. The van der Waals surface area contributed by atoms with Gasteiger partial charge < -0.3 is 5.73 Å². The molecule has 1 aromatic carbocycles. The number of carbonyl (C=O) groups is 2. The third kappa shape index (κ3) is 3.20. The van der Waals surface area contributed by atoms with Crippen LogP contribution in [0.4, 0.5) is 10.8 Å². The lowest BCUT2D eigenvalue weighted by molar-refractivity contribution is -0.384. The van der Waals surface area contributed by atoms with Gasteiger partial charge in [-0.3, -0.25) is 25.0 Å². The first kappa shape index (κ1) is 14.6. The monoisotopic (exact) mass is 306 g/mol. The van der Waals surface area contributed by atoms with Crippen molar-refractivity contribution in [3.8, 4) is 0 Å². The topological polar surface area (TPSA) is 128 Å². The van der Waals surface area contributed by atoms with Crippen LogP contribution < -0.4 is 11.1 Å². The van der Waals surface area contributed by atoms with Crippen LogP contribution in [0.15, 0.2) is 23.6 Å². The normalized spacial score (nSPS) is 10.1. The fraction of sp³-hybridized carbons (Fsp3) is 0.0833. The maximum Gasteiger partial charge on any atom is 0.269 e. The van der Waals surface area contributed by atoms with Gasteiger partial charge in [0, 0.05) is 23.1 Å². The maximum atomic E-state index is 12.1. The predicted molar refractivity (Wildman–Crippen MR) is 76.4 cm³/mol. The number of anilines is 1. The Bertz CT molecular complexity index is 741. The van der Waals surface area contributed by atoms with Crippen LogP contribution in [-0.2, 0) is 0 Å². The van der Waals surface area contributed by atoms with Crippen molar-refractivity contribution in [1.29, 1.82) is 0 Å². The number of carbonyl (C=O) groups excluding carboxylic acids is 2. The lowest BCUT2D eigenvalue weighted by Gasteiger charge is -2.05. The number of nitrogens with two attached hydrogens (primary N) is 1. The van der Waals surface area contributed by atoms with E-state index in [1.807, 2.05) is 0 Å². The molecule has 2 rings (SSSR count). The van der Waals surface area contributed by atoms with E-state index in [4.69, 9.17) is 5.73 Å². The number of hydrogen-bond acceptors (Lipinski definition) is 6. The molecule has 8 nitrogen and oxygen atoms in total. The van der Waals surface area contributed by atoms with Crippen LogP contribution in [0.5, 0.6) is 0 Å². The van der Waals surface area contributed by atoms with Crippen LogP contribution in [-0.4, -0.2) is 21.7 Å². The summed E-state index contributed by atoms with van der Waals surface area (Å²) >= 11 is 1.06. The van der Waals surface area contributed by atoms with Gasteiger partial charge in [-0.15, -0.1) is 11.3 Å². The highest BCUT2D eigenvalue weighted by Crippen LogP contribution is 2.20. The average molecular weight is 306 g/mol. The van der Waals surface area contributed by atoms with Gasteiger partial charge in [0.25, 0.3) is 17.5 Å². The molecule has 0 spiro atoms. The molecule has 0 saturated carbocycles. The molecule has 9 heteroatoms. The zero-order chi connectivity index (χ0) is 15.6. The number of thiazole rings is 1. The molecule has 0 aliphatic heterocycles. The molecular weight excluding hydrogens is 296 g/mol. The summed E-state index contributed by atoms with van der Waals surface area (Å²) in [7, 11) is 0. The molecule has 2 amide bonds. The highest BCUT2D eigenvalue weighted by molar-refractivity contribution is 7.14. The summed E-state index contributed by atoms with van der Waals surface area (Å²) < 4.78 is 0. The quantitative estimate of drug-likeness (QED) is 0.656. The molecule has 0 radical (unpaired) electrons. The van der Waals surface area contributed by atoms with E-state index >= 15 is 0 Å². The first-order valence-electron chi connectivity index (χ1n) is 5.70. The second kappa shape index (κ2) is 5.67. The SMILES string of the molecule is Cc1cc([N+](=O)[O-])ccc1C(=O)Nc1nc(C(N)=O)cs1. The summed E-state index contributed by atoms with van der Waals surface area (Å²) in [6, 6.07) is 3.93. The highest BCUT2D eigenvalue weighted by atomic mass is 32.1. The number of nitro groups is 1. The standard InChI is InChI=1S/C12H10N4O4S/c1-6-4-7(16(19)20)2-3-8(6)11(18)15-12-14-9(5-21-12)10(13)17/h2-5H,1H3,(H2,13,17)(H,14,15,18). The minimum atomic E-state index is -0.682. The summed E-state index contributed by atoms with van der Waals surface area (Å²) in [5, 5.41) is 14.8. The van der Waals surface area contributed by atoms with E-state index in [9.17, 15) is 19.7 Å². The first-order chi connectivity index (χ1) is 9.88. The van der Waals surface area contributed by atoms with Crippen LogP contribution in [0.25, 0.3) is 0 Å². The predicted octanol–water partition coefficient (Wildman–Crippen LogP) is 1.71. The van der Waals surface area contributed by atoms with E-state index in [1.165, 1.54) is 23.6 Å². The Labute approximate surface area is 122 Å². The number of nitrogens with zero attached hydrogens (tertiary/aromatic N) is 2. The van der Waals surface area contributed by atoms with E-state index in [0.29, 0.717) is 5.56 Å². The largest absolute Gasteiger partial charge is 0.364 e. The zero-order valence-corrected chi connectivity index (χ0v) is 11.6. The molecule has 108 valence electrons. The van der Waals surface area contributed by atoms with Crippen LogP contribution >= 0.6 is 11.3 Å². The van der Waals surface area contributed by atoms with E-state index in [-0.39, 0.29) is 22.1 Å². The van der Waals surface area contributed by atoms with Crippen LogP contribution in [0.2, 0.25) is 0 Å². The van der Waals surface area contributed by atoms with Crippen molar-refractivity contribution in [1.82, 2.24) is 4.98 Å². The van der Waals surface area contributed by atoms with E-state index < -0.39 is 16.7 Å². The number of non-ortho nitro benzene ring substituents is 1. The van der Waals surface area contributed by atoms with Crippen molar-refractivity contribution in [2.45, 2.75) is 6.92 Å². The lowest BCUT2D eigenvalue weighted by Crippen LogP contribution is -2.15. The number of amides is 2. The van der Waals surface area contributed by atoms with E-state index in [1.54, 1.807) is 6.92 Å². The highest BCUT2D eigenvalue weighted by Gasteiger charge is 2.15. The summed E-state index contributed by atoms with van der Waals surface area (Å²) in [6.45, 7) is 1.60. The number of primary amides is 1. The van der Waals surface area contributed by atoms with E-state index in [0.717, 1.165) is 11.3 Å². The lowest BCUT2D eigenvalue weighted by atomic mass is 10.1. The van der Waals surface area contributed by atoms with Crippen molar-refractivity contribution < 1.29 is 14.5 Å². The molecule has 0 unspecified atom stereocenters. The number of hydrogen-bond donors (Lipinski definition) is 2. The van der Waals surface area contributed by atoms with Gasteiger partial charge in [-0.25, -0.2) is 4.98 Å². The minimum Gasteiger partial charge on any atom is -0.364 e. The second-order valence-electron chi connectivity index (χ2n) is 4.11. The number of nitro benzene ring substituents is 1. The Morgan fingerprint density at radius 3 is 2.67 bits per heavy atom. The number of nitrogens with one attached hydrogen (secondary N) is 1. The van der Waals surface area contributed by atoms with Crippen molar-refractivity contribution in [3.05, 3.63) is 50.5 Å². The molecule has 0 aliphatic rings. The molecular formula is C12H10N4O4S. The second-order valence-corrected chi connectivity index (χ2v) is 4.97. The van der Waals surface area contributed by atoms with Gasteiger partial charge in [0.15, 0.2) is 5.13 Å². The van der Waals surface area contributed by atoms with Gasteiger partial charge in [0.2, 0.25) is 0 Å². The van der Waals surface area contributed by atoms with Crippen molar-refractivity contribution in [3.63, 3.8) is 0 Å². The number of aryl methyl sites for hydroxylation is 1. The average Bonchev–Trinajstić information content (AvgIpc) is 2.87. The van der Waals surface area contributed by atoms with Gasteiger partial charge in [0.1, 0.15) is 5.69 Å². The molecule has 0 bridgehead atoms. The Kier molecular flexibility index (Phi) is 3.94.